The Hall–Kier alpha value is -1.02. The molecule has 0 aliphatic heterocycles. The fourth-order valence-corrected chi connectivity index (χ4v) is 2.49. The SMILES string of the molecule is COCCn1ncc(Cl)c1C(O)c1snnc1C. The van der Waals surface area contributed by atoms with Crippen LogP contribution in [0.5, 0.6) is 0 Å². The summed E-state index contributed by atoms with van der Waals surface area (Å²) in [6.07, 6.45) is 0.649. The zero-order valence-electron chi connectivity index (χ0n) is 10.00. The summed E-state index contributed by atoms with van der Waals surface area (Å²) in [5, 5.41) is 18.8. The van der Waals surface area contributed by atoms with E-state index in [1.807, 2.05) is 0 Å². The van der Waals surface area contributed by atoms with Crippen LogP contribution in [-0.2, 0) is 11.3 Å². The second kappa shape index (κ2) is 5.75. The van der Waals surface area contributed by atoms with Gasteiger partial charge in [-0.3, -0.25) is 4.68 Å². The van der Waals surface area contributed by atoms with Crippen molar-refractivity contribution in [2.75, 3.05) is 13.7 Å². The maximum atomic E-state index is 10.4. The third-order valence-corrected chi connectivity index (χ3v) is 3.70. The van der Waals surface area contributed by atoms with Gasteiger partial charge in [0.05, 0.1) is 40.6 Å². The van der Waals surface area contributed by atoms with Crippen LogP contribution in [0.25, 0.3) is 0 Å². The Labute approximate surface area is 113 Å². The second-order valence-electron chi connectivity index (χ2n) is 3.72. The number of aliphatic hydroxyl groups excluding tert-OH is 1. The first-order chi connectivity index (χ1) is 8.65. The van der Waals surface area contributed by atoms with Gasteiger partial charge in [-0.1, -0.05) is 16.1 Å². The normalized spacial score (nSPS) is 12.9. The van der Waals surface area contributed by atoms with E-state index in [4.69, 9.17) is 16.3 Å². The van der Waals surface area contributed by atoms with E-state index in [1.54, 1.807) is 18.7 Å². The average molecular weight is 289 g/mol. The highest BCUT2D eigenvalue weighted by Gasteiger charge is 2.23. The molecule has 1 N–H and O–H groups in total. The van der Waals surface area contributed by atoms with Crippen LogP contribution in [0.4, 0.5) is 0 Å². The first-order valence-corrected chi connectivity index (χ1v) is 6.47. The molecule has 0 amide bonds. The predicted molar refractivity (Wildman–Crippen MR) is 67.8 cm³/mol. The van der Waals surface area contributed by atoms with Gasteiger partial charge in [-0.15, -0.1) is 5.10 Å². The lowest BCUT2D eigenvalue weighted by atomic mass is 10.2. The maximum absolute atomic E-state index is 10.4. The van der Waals surface area contributed by atoms with Crippen LogP contribution < -0.4 is 0 Å². The largest absolute Gasteiger partial charge is 0.383 e. The van der Waals surface area contributed by atoms with Crippen molar-refractivity contribution < 1.29 is 9.84 Å². The van der Waals surface area contributed by atoms with Crippen LogP contribution in [-0.4, -0.2) is 38.2 Å². The highest BCUT2D eigenvalue weighted by molar-refractivity contribution is 7.05. The van der Waals surface area contributed by atoms with Gasteiger partial charge in [-0.25, -0.2) is 0 Å². The second-order valence-corrected chi connectivity index (χ2v) is 4.91. The number of aromatic nitrogens is 4. The van der Waals surface area contributed by atoms with Gasteiger partial charge < -0.3 is 9.84 Å². The van der Waals surface area contributed by atoms with Crippen molar-refractivity contribution in [2.24, 2.45) is 0 Å². The summed E-state index contributed by atoms with van der Waals surface area (Å²) in [4.78, 5) is 0.677. The van der Waals surface area contributed by atoms with E-state index in [0.29, 0.717) is 34.4 Å². The molecule has 1 atom stereocenters. The highest BCUT2D eigenvalue weighted by atomic mass is 35.5. The molecule has 2 aromatic rings. The number of hydrogen-bond donors (Lipinski definition) is 1. The standard InChI is InChI=1S/C10H13ClN4O2S/c1-6-10(18-14-13-6)9(16)8-7(11)5-12-15(8)3-4-17-2/h5,9,16H,3-4H2,1-2H3. The van der Waals surface area contributed by atoms with Crippen LogP contribution in [0.2, 0.25) is 5.02 Å². The van der Waals surface area contributed by atoms with Gasteiger partial charge in [0, 0.05) is 7.11 Å². The highest BCUT2D eigenvalue weighted by Crippen LogP contribution is 2.31. The summed E-state index contributed by atoms with van der Waals surface area (Å²) >= 11 is 7.22. The Morgan fingerprint density at radius 3 is 3.00 bits per heavy atom. The zero-order valence-corrected chi connectivity index (χ0v) is 11.6. The Bertz CT molecular complexity index is 528. The topological polar surface area (TPSA) is 73.1 Å². The molecule has 8 heteroatoms. The van der Waals surface area contributed by atoms with E-state index in [-0.39, 0.29) is 0 Å². The quantitative estimate of drug-likeness (QED) is 0.901. The summed E-state index contributed by atoms with van der Waals surface area (Å²) in [5.41, 5.74) is 1.24. The molecule has 0 saturated heterocycles. The lowest BCUT2D eigenvalue weighted by molar-refractivity contribution is 0.172. The molecule has 0 spiro atoms. The molecule has 0 aromatic carbocycles. The van der Waals surface area contributed by atoms with Crippen LogP contribution in [0.1, 0.15) is 22.4 Å². The third-order valence-electron chi connectivity index (χ3n) is 2.53. The van der Waals surface area contributed by atoms with Crippen LogP contribution in [0.3, 0.4) is 0 Å². The minimum Gasteiger partial charge on any atom is -0.383 e. The summed E-state index contributed by atoms with van der Waals surface area (Å²) in [7, 11) is 1.61. The van der Waals surface area contributed by atoms with Gasteiger partial charge in [0.1, 0.15) is 6.10 Å². The number of ether oxygens (including phenoxy) is 1. The van der Waals surface area contributed by atoms with E-state index in [2.05, 4.69) is 14.7 Å². The number of halogens is 1. The van der Waals surface area contributed by atoms with Gasteiger partial charge in [-0.2, -0.15) is 5.10 Å². The smallest absolute Gasteiger partial charge is 0.135 e. The minimum atomic E-state index is -0.864. The van der Waals surface area contributed by atoms with Gasteiger partial charge in [0.2, 0.25) is 0 Å². The third kappa shape index (κ3) is 2.54. The molecule has 1 unspecified atom stereocenters. The number of hydrogen-bond acceptors (Lipinski definition) is 6. The van der Waals surface area contributed by atoms with E-state index in [0.717, 1.165) is 11.5 Å². The molecule has 2 rings (SSSR count). The van der Waals surface area contributed by atoms with E-state index in [1.165, 1.54) is 6.20 Å². The van der Waals surface area contributed by atoms with Crippen molar-refractivity contribution in [3.8, 4) is 0 Å². The first-order valence-electron chi connectivity index (χ1n) is 5.32. The van der Waals surface area contributed by atoms with Gasteiger partial charge >= 0.3 is 0 Å². The fraction of sp³-hybridized carbons (Fsp3) is 0.500. The number of rotatable bonds is 5. The van der Waals surface area contributed by atoms with Crippen molar-refractivity contribution in [3.63, 3.8) is 0 Å². The zero-order chi connectivity index (χ0) is 13.1. The number of aryl methyl sites for hydroxylation is 1. The molecule has 6 nitrogen and oxygen atoms in total. The molecule has 0 bridgehead atoms. The Morgan fingerprint density at radius 1 is 1.61 bits per heavy atom. The minimum absolute atomic E-state index is 0.423. The molecule has 0 aliphatic rings. The molecule has 98 valence electrons. The average Bonchev–Trinajstić information content (AvgIpc) is 2.92. The Balaban J connectivity index is 2.32. The molecule has 2 aromatic heterocycles. The molecule has 0 fully saturated rings. The van der Waals surface area contributed by atoms with E-state index in [9.17, 15) is 5.11 Å². The molecule has 0 saturated carbocycles. The fourth-order valence-electron chi connectivity index (χ4n) is 1.61. The summed E-state index contributed by atoms with van der Waals surface area (Å²) in [6.45, 7) is 2.82. The monoisotopic (exact) mass is 288 g/mol. The predicted octanol–water partition coefficient (Wildman–Crippen LogP) is 1.42. The Morgan fingerprint density at radius 2 is 2.39 bits per heavy atom. The molecular formula is C10H13ClN4O2S. The van der Waals surface area contributed by atoms with Crippen molar-refractivity contribution in [3.05, 3.63) is 27.5 Å². The van der Waals surface area contributed by atoms with Crippen LogP contribution in [0.15, 0.2) is 6.20 Å². The van der Waals surface area contributed by atoms with Crippen LogP contribution in [0, 0.1) is 6.92 Å². The van der Waals surface area contributed by atoms with E-state index < -0.39 is 6.10 Å². The lowest BCUT2D eigenvalue weighted by Crippen LogP contribution is -2.13. The van der Waals surface area contributed by atoms with Gasteiger partial charge in [0.25, 0.3) is 0 Å². The van der Waals surface area contributed by atoms with Gasteiger partial charge in [0.15, 0.2) is 0 Å². The lowest BCUT2D eigenvalue weighted by Gasteiger charge is -2.12. The molecule has 18 heavy (non-hydrogen) atoms. The summed E-state index contributed by atoms with van der Waals surface area (Å²) in [6, 6.07) is 0. The molecule has 0 aliphatic carbocycles. The van der Waals surface area contributed by atoms with Crippen molar-refractivity contribution in [2.45, 2.75) is 19.6 Å². The molecule has 2 heterocycles. The van der Waals surface area contributed by atoms with Crippen LogP contribution >= 0.6 is 23.1 Å². The van der Waals surface area contributed by atoms with Gasteiger partial charge in [-0.05, 0) is 18.5 Å². The Kier molecular flexibility index (Phi) is 4.28. The summed E-state index contributed by atoms with van der Waals surface area (Å²) in [5.74, 6) is 0. The number of methoxy groups -OCH3 is 1. The van der Waals surface area contributed by atoms with E-state index >= 15 is 0 Å². The first kappa shape index (κ1) is 13.4. The van der Waals surface area contributed by atoms with Crippen molar-refractivity contribution in [1.82, 2.24) is 19.4 Å². The van der Waals surface area contributed by atoms with Crippen molar-refractivity contribution in [1.29, 1.82) is 0 Å². The number of nitrogens with zero attached hydrogens (tertiary/aromatic N) is 4. The molecule has 0 radical (unpaired) electrons. The number of aliphatic hydroxyl groups is 1. The molecular weight excluding hydrogens is 276 g/mol. The maximum Gasteiger partial charge on any atom is 0.135 e. The van der Waals surface area contributed by atoms with Crippen molar-refractivity contribution >= 4 is 23.1 Å². The summed E-state index contributed by atoms with van der Waals surface area (Å²) < 4.78 is 10.4.